The molecule has 0 radical (unpaired) electrons. The average Bonchev–Trinajstić information content (AvgIpc) is 2.05. The highest BCUT2D eigenvalue weighted by atomic mass is 15.2. The van der Waals surface area contributed by atoms with E-state index in [-0.39, 0.29) is 0 Å². The molecule has 1 saturated heterocycles. The highest BCUT2D eigenvalue weighted by Gasteiger charge is 2.21. The molecular weight excluding hydrogens is 136 g/mol. The van der Waals surface area contributed by atoms with Gasteiger partial charge in [0.05, 0.1) is 0 Å². The molecule has 0 aromatic heterocycles. The largest absolute Gasteiger partial charge is 0.313 e. The van der Waals surface area contributed by atoms with Crippen LogP contribution >= 0.6 is 0 Å². The molecule has 1 aliphatic rings. The molecule has 1 rings (SSSR count). The van der Waals surface area contributed by atoms with Crippen LogP contribution in [0.1, 0.15) is 27.2 Å². The van der Waals surface area contributed by atoms with E-state index in [4.69, 9.17) is 0 Å². The molecule has 3 atom stereocenters. The fourth-order valence-corrected chi connectivity index (χ4v) is 1.71. The van der Waals surface area contributed by atoms with Crippen LogP contribution in [0.5, 0.6) is 0 Å². The van der Waals surface area contributed by atoms with E-state index < -0.39 is 0 Å². The Morgan fingerprint density at radius 2 is 1.82 bits per heavy atom. The summed E-state index contributed by atoms with van der Waals surface area (Å²) in [5.74, 6) is 0. The van der Waals surface area contributed by atoms with Crippen molar-refractivity contribution in [3.8, 4) is 0 Å². The average molecular weight is 156 g/mol. The third-order valence-corrected chi connectivity index (χ3v) is 2.85. The van der Waals surface area contributed by atoms with Gasteiger partial charge in [-0.2, -0.15) is 0 Å². The lowest BCUT2D eigenvalue weighted by Crippen LogP contribution is -2.38. The van der Waals surface area contributed by atoms with Gasteiger partial charge in [-0.3, -0.25) is 4.90 Å². The van der Waals surface area contributed by atoms with Crippen molar-refractivity contribution in [1.82, 2.24) is 10.2 Å². The normalized spacial score (nSPS) is 42.0. The third kappa shape index (κ3) is 2.17. The molecule has 0 aromatic carbocycles. The maximum Gasteiger partial charge on any atom is 0.0192 e. The number of nitrogens with one attached hydrogen (secondary N) is 1. The summed E-state index contributed by atoms with van der Waals surface area (Å²) >= 11 is 0. The molecule has 1 fully saturated rings. The highest BCUT2D eigenvalue weighted by Crippen LogP contribution is 2.11. The van der Waals surface area contributed by atoms with Gasteiger partial charge in [-0.25, -0.2) is 0 Å². The van der Waals surface area contributed by atoms with Crippen LogP contribution in [0, 0.1) is 0 Å². The van der Waals surface area contributed by atoms with Gasteiger partial charge in [-0.15, -0.1) is 0 Å². The van der Waals surface area contributed by atoms with E-state index in [1.165, 1.54) is 6.42 Å². The van der Waals surface area contributed by atoms with Crippen molar-refractivity contribution < 1.29 is 0 Å². The molecule has 1 N–H and O–H groups in total. The minimum atomic E-state index is 0.676. The summed E-state index contributed by atoms with van der Waals surface area (Å²) in [5, 5.41) is 3.51. The van der Waals surface area contributed by atoms with Crippen molar-refractivity contribution in [2.75, 3.05) is 13.6 Å². The molecule has 3 unspecified atom stereocenters. The van der Waals surface area contributed by atoms with Crippen LogP contribution in [0.3, 0.4) is 0 Å². The summed E-state index contributed by atoms with van der Waals surface area (Å²) < 4.78 is 0. The van der Waals surface area contributed by atoms with Gasteiger partial charge in [0.1, 0.15) is 0 Å². The first-order valence-corrected chi connectivity index (χ1v) is 4.56. The monoisotopic (exact) mass is 156 g/mol. The standard InChI is InChI=1S/C9H20N2/c1-7-5-8(2)11(4)9(3)6-10-7/h7-10H,5-6H2,1-4H3. The molecule has 0 spiro atoms. The van der Waals surface area contributed by atoms with Crippen molar-refractivity contribution in [3.05, 3.63) is 0 Å². The molecule has 0 amide bonds. The first-order valence-electron chi connectivity index (χ1n) is 4.56. The van der Waals surface area contributed by atoms with Crippen LogP contribution in [0.4, 0.5) is 0 Å². The zero-order valence-corrected chi connectivity index (χ0v) is 8.09. The van der Waals surface area contributed by atoms with E-state index >= 15 is 0 Å². The maximum absolute atomic E-state index is 3.51. The Hall–Kier alpha value is -0.0800. The van der Waals surface area contributed by atoms with Gasteiger partial charge in [0, 0.05) is 24.7 Å². The number of hydrogen-bond acceptors (Lipinski definition) is 2. The van der Waals surface area contributed by atoms with Gasteiger partial charge in [0.2, 0.25) is 0 Å². The topological polar surface area (TPSA) is 15.3 Å². The molecule has 0 bridgehead atoms. The third-order valence-electron chi connectivity index (χ3n) is 2.85. The number of rotatable bonds is 0. The summed E-state index contributed by atoms with van der Waals surface area (Å²) in [6, 6.07) is 2.07. The minimum Gasteiger partial charge on any atom is -0.313 e. The van der Waals surface area contributed by atoms with Crippen molar-refractivity contribution in [3.63, 3.8) is 0 Å². The molecule has 2 nitrogen and oxygen atoms in total. The van der Waals surface area contributed by atoms with E-state index in [0.717, 1.165) is 12.6 Å². The molecule has 0 aliphatic carbocycles. The first-order chi connectivity index (χ1) is 5.11. The summed E-state index contributed by atoms with van der Waals surface area (Å²) in [5.41, 5.74) is 0. The van der Waals surface area contributed by atoms with Crippen LogP contribution in [0.15, 0.2) is 0 Å². The van der Waals surface area contributed by atoms with Crippen LogP contribution in [0.25, 0.3) is 0 Å². The summed E-state index contributed by atoms with van der Waals surface area (Å²) in [6.07, 6.45) is 1.26. The lowest BCUT2D eigenvalue weighted by atomic mass is 10.1. The van der Waals surface area contributed by atoms with E-state index in [1.807, 2.05) is 0 Å². The lowest BCUT2D eigenvalue weighted by molar-refractivity contribution is 0.206. The van der Waals surface area contributed by atoms with Gasteiger partial charge < -0.3 is 5.32 Å². The molecule has 1 heterocycles. The van der Waals surface area contributed by atoms with Crippen molar-refractivity contribution in [2.45, 2.75) is 45.3 Å². The fourth-order valence-electron chi connectivity index (χ4n) is 1.71. The molecule has 11 heavy (non-hydrogen) atoms. The summed E-state index contributed by atoms with van der Waals surface area (Å²) in [7, 11) is 2.22. The van der Waals surface area contributed by atoms with Crippen molar-refractivity contribution in [1.29, 1.82) is 0 Å². The molecular formula is C9H20N2. The Bertz CT molecular complexity index is 125. The zero-order chi connectivity index (χ0) is 8.43. The minimum absolute atomic E-state index is 0.676. The van der Waals surface area contributed by atoms with Crippen molar-refractivity contribution >= 4 is 0 Å². The smallest absolute Gasteiger partial charge is 0.0192 e. The van der Waals surface area contributed by atoms with Gasteiger partial charge in [-0.1, -0.05) is 0 Å². The van der Waals surface area contributed by atoms with E-state index in [1.54, 1.807) is 0 Å². The second-order valence-electron chi connectivity index (χ2n) is 3.91. The van der Waals surface area contributed by atoms with E-state index in [2.05, 4.69) is 38.0 Å². The van der Waals surface area contributed by atoms with Crippen molar-refractivity contribution in [2.24, 2.45) is 0 Å². The quantitative estimate of drug-likeness (QED) is 0.564. The Morgan fingerprint density at radius 1 is 1.18 bits per heavy atom. The van der Waals surface area contributed by atoms with Crippen LogP contribution < -0.4 is 5.32 Å². The first kappa shape index (κ1) is 9.01. The second kappa shape index (κ2) is 3.55. The highest BCUT2D eigenvalue weighted by molar-refractivity contribution is 4.80. The SMILES string of the molecule is CC1CC(C)N(C)C(C)CN1. The lowest BCUT2D eigenvalue weighted by Gasteiger charge is -2.27. The molecule has 0 saturated carbocycles. The van der Waals surface area contributed by atoms with E-state index in [9.17, 15) is 0 Å². The predicted octanol–water partition coefficient (Wildman–Crippen LogP) is 1.08. The van der Waals surface area contributed by atoms with E-state index in [0.29, 0.717) is 12.1 Å². The Kier molecular flexibility index (Phi) is 2.90. The van der Waals surface area contributed by atoms with Crippen LogP contribution in [-0.4, -0.2) is 36.6 Å². The predicted molar refractivity (Wildman–Crippen MR) is 48.8 cm³/mol. The fraction of sp³-hybridized carbons (Fsp3) is 1.00. The molecule has 2 heteroatoms. The number of hydrogen-bond donors (Lipinski definition) is 1. The van der Waals surface area contributed by atoms with Crippen LogP contribution in [0.2, 0.25) is 0 Å². The Labute approximate surface area is 70.0 Å². The van der Waals surface area contributed by atoms with Gasteiger partial charge in [0.15, 0.2) is 0 Å². The number of nitrogens with zero attached hydrogens (tertiary/aromatic N) is 1. The maximum atomic E-state index is 3.51. The molecule has 66 valence electrons. The Balaban J connectivity index is 2.53. The molecule has 0 aromatic rings. The Morgan fingerprint density at radius 3 is 2.45 bits per heavy atom. The second-order valence-corrected chi connectivity index (χ2v) is 3.91. The number of likely N-dealkylation sites (N-methyl/N-ethyl adjacent to an activating group) is 1. The van der Waals surface area contributed by atoms with Gasteiger partial charge in [0.25, 0.3) is 0 Å². The summed E-state index contributed by atoms with van der Waals surface area (Å²) in [4.78, 5) is 2.45. The summed E-state index contributed by atoms with van der Waals surface area (Å²) in [6.45, 7) is 7.98. The van der Waals surface area contributed by atoms with Crippen LogP contribution in [-0.2, 0) is 0 Å². The molecule has 1 aliphatic heterocycles. The zero-order valence-electron chi connectivity index (χ0n) is 8.09. The van der Waals surface area contributed by atoms with Gasteiger partial charge >= 0.3 is 0 Å². The van der Waals surface area contributed by atoms with Gasteiger partial charge in [-0.05, 0) is 34.2 Å².